The average Bonchev–Trinajstić information content (AvgIpc) is 2.97. The number of carbonyl (C=O) groups is 2. The quantitative estimate of drug-likeness (QED) is 0.878. The molecule has 1 heterocycles. The third kappa shape index (κ3) is 4.38. The van der Waals surface area contributed by atoms with Crippen molar-refractivity contribution in [2.75, 3.05) is 6.54 Å². The van der Waals surface area contributed by atoms with Gasteiger partial charge in [-0.15, -0.1) is 0 Å². The molecule has 0 unspecified atom stereocenters. The predicted octanol–water partition coefficient (Wildman–Crippen LogP) is 3.01. The molecule has 0 aliphatic carbocycles. The summed E-state index contributed by atoms with van der Waals surface area (Å²) in [7, 11) is 0. The fraction of sp³-hybridized carbons (Fsp3) is 0.300. The molecule has 1 saturated heterocycles. The number of carboxylic acid groups (broad SMARTS) is 1. The number of ether oxygens (including phenoxy) is 1. The summed E-state index contributed by atoms with van der Waals surface area (Å²) in [6.45, 7) is 3.26. The molecule has 0 spiro atoms. The number of carboxylic acids is 1. The first-order chi connectivity index (χ1) is 12.0. The number of rotatable bonds is 6. The molecule has 5 nitrogen and oxygen atoms in total. The highest BCUT2D eigenvalue weighted by Crippen LogP contribution is 2.21. The van der Waals surface area contributed by atoms with Gasteiger partial charge in [0.05, 0.1) is 5.92 Å². The standard InChI is InChI=1S/C20H21NO4/c1-14-2-4-16(5-3-14)13-25-18-8-6-15(7-9-18)11-21-12-17(20(23)24)10-19(21)22/h2-9,17H,10-13H2,1H3,(H,23,24)/t17-/m0/s1. The predicted molar refractivity (Wildman–Crippen MR) is 93.1 cm³/mol. The molecule has 0 bridgehead atoms. The first-order valence-electron chi connectivity index (χ1n) is 8.29. The Balaban J connectivity index is 1.54. The molecule has 5 heteroatoms. The van der Waals surface area contributed by atoms with Crippen molar-refractivity contribution < 1.29 is 19.4 Å². The summed E-state index contributed by atoms with van der Waals surface area (Å²) in [5.41, 5.74) is 3.29. The zero-order valence-corrected chi connectivity index (χ0v) is 14.1. The molecule has 1 amide bonds. The monoisotopic (exact) mass is 339 g/mol. The SMILES string of the molecule is Cc1ccc(COc2ccc(CN3C[C@@H](C(=O)O)CC3=O)cc2)cc1. The third-order valence-electron chi connectivity index (χ3n) is 4.39. The van der Waals surface area contributed by atoms with Gasteiger partial charge in [0, 0.05) is 19.5 Å². The van der Waals surface area contributed by atoms with Crippen LogP contribution in [0.25, 0.3) is 0 Å². The van der Waals surface area contributed by atoms with Crippen molar-refractivity contribution in [3.05, 3.63) is 65.2 Å². The van der Waals surface area contributed by atoms with Gasteiger partial charge < -0.3 is 14.7 Å². The van der Waals surface area contributed by atoms with E-state index in [0.29, 0.717) is 13.2 Å². The largest absolute Gasteiger partial charge is 0.489 e. The summed E-state index contributed by atoms with van der Waals surface area (Å²) in [5, 5.41) is 9.02. The number of aryl methyl sites for hydroxylation is 1. The summed E-state index contributed by atoms with van der Waals surface area (Å²) in [6, 6.07) is 15.8. The van der Waals surface area contributed by atoms with Crippen LogP contribution in [0.15, 0.2) is 48.5 Å². The zero-order valence-electron chi connectivity index (χ0n) is 14.1. The van der Waals surface area contributed by atoms with Crippen LogP contribution in [0.1, 0.15) is 23.1 Å². The van der Waals surface area contributed by atoms with Crippen molar-refractivity contribution in [1.29, 1.82) is 0 Å². The first-order valence-corrected chi connectivity index (χ1v) is 8.29. The Morgan fingerprint density at radius 1 is 1.12 bits per heavy atom. The van der Waals surface area contributed by atoms with Crippen molar-refractivity contribution in [2.24, 2.45) is 5.92 Å². The second kappa shape index (κ2) is 7.38. The highest BCUT2D eigenvalue weighted by Gasteiger charge is 2.33. The van der Waals surface area contributed by atoms with Gasteiger partial charge in [0.25, 0.3) is 0 Å². The Morgan fingerprint density at radius 3 is 2.36 bits per heavy atom. The van der Waals surface area contributed by atoms with E-state index < -0.39 is 11.9 Å². The zero-order chi connectivity index (χ0) is 17.8. The van der Waals surface area contributed by atoms with Gasteiger partial charge in [-0.05, 0) is 30.2 Å². The number of aliphatic carboxylic acids is 1. The molecule has 2 aromatic rings. The molecule has 0 saturated carbocycles. The third-order valence-corrected chi connectivity index (χ3v) is 4.39. The maximum absolute atomic E-state index is 11.9. The van der Waals surface area contributed by atoms with Gasteiger partial charge in [0.1, 0.15) is 12.4 Å². The normalized spacial score (nSPS) is 16.9. The van der Waals surface area contributed by atoms with Crippen molar-refractivity contribution in [3.8, 4) is 5.75 Å². The Bertz CT molecular complexity index is 752. The van der Waals surface area contributed by atoms with E-state index in [9.17, 15) is 9.59 Å². The molecule has 2 aromatic carbocycles. The highest BCUT2D eigenvalue weighted by atomic mass is 16.5. The summed E-state index contributed by atoms with van der Waals surface area (Å²) in [5.74, 6) is -0.840. The van der Waals surface area contributed by atoms with Gasteiger partial charge in [-0.25, -0.2) is 0 Å². The minimum atomic E-state index is -0.907. The van der Waals surface area contributed by atoms with Gasteiger partial charge in [-0.1, -0.05) is 42.0 Å². The lowest BCUT2D eigenvalue weighted by atomic mass is 10.1. The van der Waals surface area contributed by atoms with Crippen LogP contribution in [0, 0.1) is 12.8 Å². The van der Waals surface area contributed by atoms with E-state index in [2.05, 4.69) is 12.1 Å². The van der Waals surface area contributed by atoms with Crippen molar-refractivity contribution >= 4 is 11.9 Å². The maximum atomic E-state index is 11.9. The van der Waals surface area contributed by atoms with Crippen molar-refractivity contribution in [1.82, 2.24) is 4.90 Å². The molecule has 1 aliphatic heterocycles. The second-order valence-corrected chi connectivity index (χ2v) is 6.43. The van der Waals surface area contributed by atoms with Crippen LogP contribution in [0.3, 0.4) is 0 Å². The summed E-state index contributed by atoms with van der Waals surface area (Å²) in [6.07, 6.45) is 0.0904. The van der Waals surface area contributed by atoms with Crippen LogP contribution < -0.4 is 4.74 Å². The van der Waals surface area contributed by atoms with Gasteiger partial charge in [-0.2, -0.15) is 0 Å². The Morgan fingerprint density at radius 2 is 1.76 bits per heavy atom. The van der Waals surface area contributed by atoms with E-state index in [-0.39, 0.29) is 18.9 Å². The molecule has 3 rings (SSSR count). The maximum Gasteiger partial charge on any atom is 0.308 e. The van der Waals surface area contributed by atoms with E-state index in [1.165, 1.54) is 5.56 Å². The number of nitrogens with zero attached hydrogens (tertiary/aromatic N) is 1. The summed E-state index contributed by atoms with van der Waals surface area (Å²) in [4.78, 5) is 24.5. The molecule has 0 aromatic heterocycles. The van der Waals surface area contributed by atoms with Crippen molar-refractivity contribution in [3.63, 3.8) is 0 Å². The number of carbonyl (C=O) groups excluding carboxylic acids is 1. The Hall–Kier alpha value is -2.82. The van der Waals surface area contributed by atoms with Crippen LogP contribution >= 0.6 is 0 Å². The number of benzene rings is 2. The molecule has 25 heavy (non-hydrogen) atoms. The fourth-order valence-electron chi connectivity index (χ4n) is 2.85. The summed E-state index contributed by atoms with van der Waals surface area (Å²) < 4.78 is 5.77. The fourth-order valence-corrected chi connectivity index (χ4v) is 2.85. The topological polar surface area (TPSA) is 66.8 Å². The van der Waals surface area contributed by atoms with Crippen LogP contribution in [0.4, 0.5) is 0 Å². The molecule has 0 radical (unpaired) electrons. The minimum absolute atomic E-state index is 0.0904. The van der Waals surface area contributed by atoms with Gasteiger partial charge in [0.15, 0.2) is 0 Å². The Labute approximate surface area is 146 Å². The van der Waals surface area contributed by atoms with Crippen LogP contribution in [-0.2, 0) is 22.7 Å². The molecule has 1 fully saturated rings. The lowest BCUT2D eigenvalue weighted by Crippen LogP contribution is -2.25. The van der Waals surface area contributed by atoms with Crippen molar-refractivity contribution in [2.45, 2.75) is 26.5 Å². The smallest absolute Gasteiger partial charge is 0.308 e. The number of amides is 1. The van der Waals surface area contributed by atoms with Crippen LogP contribution in [0.5, 0.6) is 5.75 Å². The average molecular weight is 339 g/mol. The summed E-state index contributed by atoms with van der Waals surface area (Å²) >= 11 is 0. The van der Waals surface area contributed by atoms with E-state index in [4.69, 9.17) is 9.84 Å². The van der Waals surface area contributed by atoms with Crippen LogP contribution in [-0.4, -0.2) is 28.4 Å². The number of hydrogen-bond donors (Lipinski definition) is 1. The van der Waals surface area contributed by atoms with Gasteiger partial charge in [-0.3, -0.25) is 9.59 Å². The first kappa shape index (κ1) is 17.0. The van der Waals surface area contributed by atoms with Crippen LogP contribution in [0.2, 0.25) is 0 Å². The van der Waals surface area contributed by atoms with E-state index in [0.717, 1.165) is 16.9 Å². The minimum Gasteiger partial charge on any atom is -0.489 e. The van der Waals surface area contributed by atoms with Gasteiger partial charge in [0.2, 0.25) is 5.91 Å². The van der Waals surface area contributed by atoms with Gasteiger partial charge >= 0.3 is 5.97 Å². The lowest BCUT2D eigenvalue weighted by Gasteiger charge is -2.16. The highest BCUT2D eigenvalue weighted by molar-refractivity contribution is 5.86. The Kier molecular flexibility index (Phi) is 5.03. The second-order valence-electron chi connectivity index (χ2n) is 6.43. The van der Waals surface area contributed by atoms with E-state index in [1.54, 1.807) is 4.90 Å². The van der Waals surface area contributed by atoms with E-state index in [1.807, 2.05) is 43.3 Å². The molecule has 130 valence electrons. The molecular weight excluding hydrogens is 318 g/mol. The number of hydrogen-bond acceptors (Lipinski definition) is 3. The molecular formula is C20H21NO4. The van der Waals surface area contributed by atoms with E-state index >= 15 is 0 Å². The molecule has 1 atom stereocenters. The lowest BCUT2D eigenvalue weighted by molar-refractivity contribution is -0.141. The molecule has 1 aliphatic rings. The molecule has 1 N–H and O–H groups in total. The number of likely N-dealkylation sites (tertiary alicyclic amines) is 1.